The van der Waals surface area contributed by atoms with E-state index >= 15 is 0 Å². The summed E-state index contributed by atoms with van der Waals surface area (Å²) in [6.45, 7) is 2.20. The molecule has 0 saturated carbocycles. The standard InChI is InChI=1S/C20H15ClF3N3O2/c1-11-5-6-16(15(21)7-11)27-10-13(9-17(27)28)19-25-18(26-29-19)12-3-2-4-14(8-12)20(22,23)24/h2-8,13H,9-10H2,1H3. The fourth-order valence-corrected chi connectivity index (χ4v) is 3.63. The molecule has 1 aromatic heterocycles. The SMILES string of the molecule is Cc1ccc(N2CC(c3nc(-c4cccc(C(F)(F)F)c4)no3)CC2=O)c(Cl)c1. The Hall–Kier alpha value is -2.87. The van der Waals surface area contributed by atoms with Gasteiger partial charge in [0, 0.05) is 18.5 Å². The van der Waals surface area contributed by atoms with Gasteiger partial charge in [-0.1, -0.05) is 35.0 Å². The van der Waals surface area contributed by atoms with Crippen molar-refractivity contribution in [2.75, 3.05) is 11.4 Å². The highest BCUT2D eigenvalue weighted by atomic mass is 35.5. The lowest BCUT2D eigenvalue weighted by molar-refractivity contribution is -0.137. The second-order valence-electron chi connectivity index (χ2n) is 6.90. The van der Waals surface area contributed by atoms with Crippen LogP contribution < -0.4 is 4.90 Å². The molecule has 1 amide bonds. The molecule has 0 spiro atoms. The molecular weight excluding hydrogens is 407 g/mol. The van der Waals surface area contributed by atoms with E-state index in [1.54, 1.807) is 17.0 Å². The molecule has 0 radical (unpaired) electrons. The number of aromatic nitrogens is 2. The number of carbonyl (C=O) groups excluding carboxylic acids is 1. The van der Waals surface area contributed by atoms with Gasteiger partial charge in [0.2, 0.25) is 17.6 Å². The minimum Gasteiger partial charge on any atom is -0.339 e. The maximum absolute atomic E-state index is 12.9. The molecule has 5 nitrogen and oxygen atoms in total. The number of rotatable bonds is 3. The topological polar surface area (TPSA) is 59.2 Å². The Morgan fingerprint density at radius 1 is 1.21 bits per heavy atom. The molecule has 3 aromatic rings. The minimum absolute atomic E-state index is 0.0466. The number of aryl methyl sites for hydroxylation is 1. The Morgan fingerprint density at radius 3 is 2.72 bits per heavy atom. The first-order chi connectivity index (χ1) is 13.7. The van der Waals surface area contributed by atoms with Gasteiger partial charge in [-0.15, -0.1) is 0 Å². The molecule has 1 unspecified atom stereocenters. The van der Waals surface area contributed by atoms with E-state index in [1.807, 2.05) is 13.0 Å². The number of carbonyl (C=O) groups is 1. The highest BCUT2D eigenvalue weighted by Crippen LogP contribution is 2.36. The number of amides is 1. The van der Waals surface area contributed by atoms with Crippen molar-refractivity contribution in [1.29, 1.82) is 0 Å². The molecule has 1 aliphatic rings. The second kappa shape index (κ2) is 7.18. The number of anilines is 1. The van der Waals surface area contributed by atoms with Crippen molar-refractivity contribution in [1.82, 2.24) is 10.1 Å². The Morgan fingerprint density at radius 2 is 2.00 bits per heavy atom. The van der Waals surface area contributed by atoms with Crippen molar-refractivity contribution in [3.05, 3.63) is 64.5 Å². The molecule has 0 bridgehead atoms. The van der Waals surface area contributed by atoms with Gasteiger partial charge in [-0.05, 0) is 36.8 Å². The average Bonchev–Trinajstić information content (AvgIpc) is 3.28. The molecule has 150 valence electrons. The van der Waals surface area contributed by atoms with E-state index in [1.165, 1.54) is 12.1 Å². The van der Waals surface area contributed by atoms with Crippen molar-refractivity contribution >= 4 is 23.2 Å². The third kappa shape index (κ3) is 3.85. The summed E-state index contributed by atoms with van der Waals surface area (Å²) in [4.78, 5) is 18.3. The Bertz CT molecular complexity index is 1080. The van der Waals surface area contributed by atoms with Crippen LogP contribution in [0.15, 0.2) is 47.0 Å². The van der Waals surface area contributed by atoms with Crippen LogP contribution in [0.3, 0.4) is 0 Å². The molecule has 0 aliphatic carbocycles. The van der Waals surface area contributed by atoms with Gasteiger partial charge < -0.3 is 9.42 Å². The van der Waals surface area contributed by atoms with Crippen LogP contribution in [0.25, 0.3) is 11.4 Å². The average molecular weight is 422 g/mol. The summed E-state index contributed by atoms with van der Waals surface area (Å²) in [6.07, 6.45) is -4.32. The number of benzene rings is 2. The first-order valence-corrected chi connectivity index (χ1v) is 9.18. The van der Waals surface area contributed by atoms with E-state index < -0.39 is 11.7 Å². The van der Waals surface area contributed by atoms with Crippen LogP contribution in [0.1, 0.15) is 29.4 Å². The van der Waals surface area contributed by atoms with Gasteiger partial charge in [0.25, 0.3) is 0 Å². The van der Waals surface area contributed by atoms with Crippen LogP contribution in [0, 0.1) is 6.92 Å². The monoisotopic (exact) mass is 421 g/mol. The van der Waals surface area contributed by atoms with E-state index in [4.69, 9.17) is 16.1 Å². The molecule has 9 heteroatoms. The normalized spacial score (nSPS) is 17.2. The van der Waals surface area contributed by atoms with Gasteiger partial charge in [-0.25, -0.2) is 0 Å². The summed E-state index contributed by atoms with van der Waals surface area (Å²) >= 11 is 6.27. The lowest BCUT2D eigenvalue weighted by Crippen LogP contribution is -2.24. The molecular formula is C20H15ClF3N3O2. The fourth-order valence-electron chi connectivity index (χ4n) is 3.29. The van der Waals surface area contributed by atoms with Crippen molar-refractivity contribution in [2.24, 2.45) is 0 Å². The third-order valence-electron chi connectivity index (χ3n) is 4.76. The van der Waals surface area contributed by atoms with Crippen molar-refractivity contribution < 1.29 is 22.5 Å². The Labute approximate surface area is 169 Å². The summed E-state index contributed by atoms with van der Waals surface area (Å²) in [7, 11) is 0. The fraction of sp³-hybridized carbons (Fsp3) is 0.250. The van der Waals surface area contributed by atoms with E-state index in [2.05, 4.69) is 10.1 Å². The van der Waals surface area contributed by atoms with Gasteiger partial charge in [0.05, 0.1) is 22.2 Å². The van der Waals surface area contributed by atoms with Crippen LogP contribution in [0.5, 0.6) is 0 Å². The van der Waals surface area contributed by atoms with Crippen LogP contribution >= 0.6 is 11.6 Å². The Balaban J connectivity index is 1.57. The van der Waals surface area contributed by atoms with Crippen LogP contribution in [-0.2, 0) is 11.0 Å². The summed E-state index contributed by atoms with van der Waals surface area (Å²) in [5.74, 6) is -0.256. The summed E-state index contributed by atoms with van der Waals surface area (Å²) in [6, 6.07) is 10.1. The summed E-state index contributed by atoms with van der Waals surface area (Å²) in [5, 5.41) is 4.26. The van der Waals surface area contributed by atoms with Crippen LogP contribution in [0.4, 0.5) is 18.9 Å². The Kier molecular flexibility index (Phi) is 4.82. The third-order valence-corrected chi connectivity index (χ3v) is 5.06. The lowest BCUT2D eigenvalue weighted by Gasteiger charge is -2.18. The second-order valence-corrected chi connectivity index (χ2v) is 7.30. The largest absolute Gasteiger partial charge is 0.416 e. The maximum atomic E-state index is 12.9. The van der Waals surface area contributed by atoms with Gasteiger partial charge in [-0.3, -0.25) is 4.79 Å². The molecule has 1 aliphatic heterocycles. The number of hydrogen-bond donors (Lipinski definition) is 0. The van der Waals surface area contributed by atoms with E-state index in [9.17, 15) is 18.0 Å². The number of nitrogens with zero attached hydrogens (tertiary/aromatic N) is 3. The van der Waals surface area contributed by atoms with Crippen LogP contribution in [-0.4, -0.2) is 22.6 Å². The van der Waals surface area contributed by atoms with Crippen molar-refractivity contribution in [3.8, 4) is 11.4 Å². The number of halogens is 4. The molecule has 0 N–H and O–H groups in total. The van der Waals surface area contributed by atoms with Gasteiger partial charge in [0.15, 0.2) is 0 Å². The first-order valence-electron chi connectivity index (χ1n) is 8.80. The van der Waals surface area contributed by atoms with Crippen molar-refractivity contribution in [2.45, 2.75) is 25.4 Å². The van der Waals surface area contributed by atoms with Crippen LogP contribution in [0.2, 0.25) is 5.02 Å². The summed E-state index contributed by atoms with van der Waals surface area (Å²) in [5.41, 5.74) is 0.974. The number of alkyl halides is 3. The van der Waals surface area contributed by atoms with Gasteiger partial charge in [-0.2, -0.15) is 18.2 Å². The summed E-state index contributed by atoms with van der Waals surface area (Å²) < 4.78 is 44.0. The molecule has 2 aromatic carbocycles. The molecule has 1 fully saturated rings. The molecule has 2 heterocycles. The lowest BCUT2D eigenvalue weighted by atomic mass is 10.1. The molecule has 1 atom stereocenters. The quantitative estimate of drug-likeness (QED) is 0.580. The highest BCUT2D eigenvalue weighted by molar-refractivity contribution is 6.34. The maximum Gasteiger partial charge on any atom is 0.416 e. The highest BCUT2D eigenvalue weighted by Gasteiger charge is 2.36. The molecule has 29 heavy (non-hydrogen) atoms. The first kappa shape index (κ1) is 19.4. The zero-order valence-corrected chi connectivity index (χ0v) is 16.0. The molecule has 1 saturated heterocycles. The van der Waals surface area contributed by atoms with Gasteiger partial charge >= 0.3 is 6.18 Å². The van der Waals surface area contributed by atoms with Crippen molar-refractivity contribution in [3.63, 3.8) is 0 Å². The van der Waals surface area contributed by atoms with E-state index in [0.717, 1.165) is 17.7 Å². The number of hydrogen-bond acceptors (Lipinski definition) is 4. The predicted octanol–water partition coefficient (Wildman–Crippen LogP) is 5.24. The minimum atomic E-state index is -4.46. The van der Waals surface area contributed by atoms with Gasteiger partial charge in [0.1, 0.15) is 0 Å². The van der Waals surface area contributed by atoms with E-state index in [-0.39, 0.29) is 35.5 Å². The zero-order valence-electron chi connectivity index (χ0n) is 15.2. The zero-order chi connectivity index (χ0) is 20.8. The predicted molar refractivity (Wildman–Crippen MR) is 101 cm³/mol. The smallest absolute Gasteiger partial charge is 0.339 e. The molecule has 4 rings (SSSR count). The van der Waals surface area contributed by atoms with E-state index in [0.29, 0.717) is 17.3 Å².